The molecule has 0 aromatic heterocycles. The molecule has 0 unspecified atom stereocenters. The van der Waals surface area contributed by atoms with Crippen molar-refractivity contribution in [3.63, 3.8) is 0 Å². The molecule has 4 aliphatic heterocycles. The van der Waals surface area contributed by atoms with Gasteiger partial charge in [-0.3, -0.25) is 19.3 Å². The number of carbonyl (C=O) groups excluding carboxylic acids is 3. The van der Waals surface area contributed by atoms with E-state index in [1.54, 1.807) is 27.8 Å². The van der Waals surface area contributed by atoms with E-state index in [4.69, 9.17) is 4.74 Å². The van der Waals surface area contributed by atoms with E-state index in [9.17, 15) is 14.7 Å². The molecule has 55 heavy (non-hydrogen) atoms. The van der Waals surface area contributed by atoms with Crippen molar-refractivity contribution in [2.45, 2.75) is 69.2 Å². The zero-order chi connectivity index (χ0) is 38.4. The number of benzene rings is 5. The Bertz CT molecular complexity index is 2400. The molecule has 0 bridgehead atoms. The Hall–Kier alpha value is -4.68. The van der Waals surface area contributed by atoms with Gasteiger partial charge in [0.1, 0.15) is 0 Å². The van der Waals surface area contributed by atoms with Crippen molar-refractivity contribution in [1.82, 2.24) is 4.90 Å². The van der Waals surface area contributed by atoms with Crippen LogP contribution in [-0.4, -0.2) is 54.9 Å². The van der Waals surface area contributed by atoms with Gasteiger partial charge in [0.05, 0.1) is 48.7 Å². The summed E-state index contributed by atoms with van der Waals surface area (Å²) >= 11 is 3.61. The molecule has 1 fully saturated rings. The van der Waals surface area contributed by atoms with Crippen LogP contribution in [-0.2, 0) is 39.4 Å². The molecule has 8 nitrogen and oxygen atoms in total. The minimum Gasteiger partial charge on any atom is -0.394 e. The van der Waals surface area contributed by atoms with Crippen molar-refractivity contribution in [1.29, 1.82) is 0 Å². The summed E-state index contributed by atoms with van der Waals surface area (Å²) in [4.78, 5) is 47.9. The molecule has 3 amide bonds. The summed E-state index contributed by atoms with van der Waals surface area (Å²) in [6.07, 6.45) is -0.404. The van der Waals surface area contributed by atoms with Gasteiger partial charge in [0.2, 0.25) is 14.3 Å². The average Bonchev–Trinajstić information content (AvgIpc) is 3.72. The Kier molecular flexibility index (Phi) is 8.65. The number of hydrogen-bond donors (Lipinski definition) is 1. The molecule has 1 N–H and O–H groups in total. The fourth-order valence-electron chi connectivity index (χ4n) is 9.81. The number of hydrogen-bond acceptors (Lipinski definition) is 5. The molecule has 5 atom stereocenters. The smallest absolute Gasteiger partial charge is 0.264 e. The number of anilines is 3. The Morgan fingerprint density at radius 1 is 0.945 bits per heavy atom. The van der Waals surface area contributed by atoms with E-state index in [2.05, 4.69) is 15.9 Å². The van der Waals surface area contributed by atoms with Gasteiger partial charge in [0, 0.05) is 39.1 Å². The lowest BCUT2D eigenvalue weighted by Crippen LogP contribution is -2.48. The lowest BCUT2D eigenvalue weighted by atomic mass is 9.82. The van der Waals surface area contributed by atoms with E-state index < -0.39 is 37.6 Å². The predicted octanol–water partition coefficient (Wildman–Crippen LogP) is 8.55. The lowest BCUT2D eigenvalue weighted by Gasteiger charge is -2.37. The quantitative estimate of drug-likeness (QED) is 0.131. The first-order valence-corrected chi connectivity index (χ1v) is 22.6. The van der Waals surface area contributed by atoms with Crippen molar-refractivity contribution in [2.24, 2.45) is 5.92 Å². The highest BCUT2D eigenvalue weighted by molar-refractivity contribution is 9.10. The number of aliphatic hydroxyl groups is 1. The van der Waals surface area contributed by atoms with Crippen molar-refractivity contribution >= 4 is 69.9 Å². The zero-order valence-corrected chi connectivity index (χ0v) is 33.4. The van der Waals surface area contributed by atoms with Crippen LogP contribution >= 0.6 is 15.9 Å². The van der Waals surface area contributed by atoms with Gasteiger partial charge in [-0.05, 0) is 84.1 Å². The largest absolute Gasteiger partial charge is 0.394 e. The molecular weight excluding hydrogens is 777 g/mol. The Morgan fingerprint density at radius 3 is 2.40 bits per heavy atom. The highest BCUT2D eigenvalue weighted by atomic mass is 79.9. The summed E-state index contributed by atoms with van der Waals surface area (Å²) in [5.41, 5.74) is 4.40. The fraction of sp³-hybridized carbons (Fsp3) is 0.295. The van der Waals surface area contributed by atoms with Crippen LogP contribution in [0, 0.1) is 5.92 Å². The summed E-state index contributed by atoms with van der Waals surface area (Å²) in [5, 5.41) is 12.3. The molecule has 1 saturated heterocycles. The van der Waals surface area contributed by atoms with Gasteiger partial charge in [0.15, 0.2) is 5.60 Å². The SMILES string of the molecule is C[C@@H]1[C@@H]([Si](C)(C)F)[C@H](CC(=O)N2Cc3ccccc3C[C@H]2CO)O[C@@]12C(=O)N(Cc1ccc(N3C(=O)c4cccc5cccc3c45)cc1)c1ccc(Br)cc12. The number of fused-ring (bicyclic) bond motifs is 3. The topological polar surface area (TPSA) is 90.4 Å². The number of carbonyl (C=O) groups is 3. The summed E-state index contributed by atoms with van der Waals surface area (Å²) in [6, 6.07) is 32.5. The third-order valence-electron chi connectivity index (χ3n) is 12.3. The van der Waals surface area contributed by atoms with E-state index >= 15 is 8.90 Å². The van der Waals surface area contributed by atoms with Crippen LogP contribution in [0.25, 0.3) is 10.8 Å². The normalized spacial score (nSPS) is 24.3. The number of rotatable bonds is 7. The summed E-state index contributed by atoms with van der Waals surface area (Å²) in [5.74, 6) is -1.15. The van der Waals surface area contributed by atoms with Crippen LogP contribution < -0.4 is 9.80 Å². The monoisotopic (exact) mass is 817 g/mol. The predicted molar refractivity (Wildman–Crippen MR) is 216 cm³/mol. The number of amides is 3. The highest BCUT2D eigenvalue weighted by Gasteiger charge is 2.67. The van der Waals surface area contributed by atoms with E-state index in [1.165, 1.54) is 0 Å². The lowest BCUT2D eigenvalue weighted by molar-refractivity contribution is -0.151. The van der Waals surface area contributed by atoms with Gasteiger partial charge in [0.25, 0.3) is 11.8 Å². The molecule has 11 heteroatoms. The molecule has 4 heterocycles. The highest BCUT2D eigenvalue weighted by Crippen LogP contribution is 2.60. The Labute approximate surface area is 328 Å². The minimum atomic E-state index is -3.53. The number of ether oxygens (including phenoxy) is 1. The summed E-state index contributed by atoms with van der Waals surface area (Å²) in [7, 11) is -3.53. The van der Waals surface area contributed by atoms with E-state index in [0.29, 0.717) is 29.8 Å². The van der Waals surface area contributed by atoms with E-state index in [-0.39, 0.29) is 37.3 Å². The van der Waals surface area contributed by atoms with Gasteiger partial charge in [-0.25, -0.2) is 0 Å². The van der Waals surface area contributed by atoms with Crippen LogP contribution in [0.5, 0.6) is 0 Å². The zero-order valence-electron chi connectivity index (χ0n) is 30.8. The van der Waals surface area contributed by atoms with E-state index in [0.717, 1.165) is 43.3 Å². The van der Waals surface area contributed by atoms with Crippen molar-refractivity contribution in [3.8, 4) is 0 Å². The van der Waals surface area contributed by atoms with Crippen LogP contribution in [0.15, 0.2) is 108 Å². The molecule has 0 aliphatic carbocycles. The van der Waals surface area contributed by atoms with Crippen LogP contribution in [0.1, 0.15) is 46.0 Å². The summed E-state index contributed by atoms with van der Waals surface area (Å²) < 4.78 is 24.2. The Morgan fingerprint density at radius 2 is 1.67 bits per heavy atom. The Balaban J connectivity index is 1.01. The number of halogens is 2. The molecule has 5 aromatic rings. The van der Waals surface area contributed by atoms with Crippen molar-refractivity contribution in [2.75, 3.05) is 16.4 Å². The molecule has 0 saturated carbocycles. The van der Waals surface area contributed by atoms with Crippen LogP contribution in [0.4, 0.5) is 21.2 Å². The summed E-state index contributed by atoms with van der Waals surface area (Å²) in [6.45, 7) is 5.55. The molecule has 1 spiro atoms. The maximum Gasteiger partial charge on any atom is 0.264 e. The first-order valence-electron chi connectivity index (χ1n) is 18.8. The second-order valence-electron chi connectivity index (χ2n) is 15.8. The van der Waals surface area contributed by atoms with Gasteiger partial charge >= 0.3 is 0 Å². The molecule has 280 valence electrons. The first kappa shape index (κ1) is 36.0. The first-order chi connectivity index (χ1) is 26.4. The molecular formula is C44H41BrFN3O5Si. The standard InChI is InChI=1S/C44H41BrFN3O5Si/c1-26-41(55(2,3)46)38(22-39(51)47-24-30-9-5-4-8-29(30)20-33(47)25-50)54-44(26)35-21-31(45)16-19-36(35)48(43(44)53)23-27-14-17-32(18-15-27)49-37-13-7-11-28-10-6-12-34(40(28)37)42(49)52/h4-19,21,26,33,38,41,50H,20,22-25H2,1-3H3/t26-,33+,38+,41-,44+/m1/s1. The van der Waals surface area contributed by atoms with Gasteiger partial charge in [-0.2, -0.15) is 0 Å². The number of aliphatic hydroxyl groups excluding tert-OH is 1. The van der Waals surface area contributed by atoms with E-state index in [1.807, 2.05) is 110 Å². The van der Waals surface area contributed by atoms with Crippen LogP contribution in [0.3, 0.4) is 0 Å². The molecule has 5 aromatic carbocycles. The maximum absolute atomic E-state index is 16.6. The maximum atomic E-state index is 16.6. The fourth-order valence-corrected chi connectivity index (χ4v) is 12.7. The number of nitrogens with zero attached hydrogens (tertiary/aromatic N) is 3. The second kappa shape index (κ2) is 13.2. The average molecular weight is 819 g/mol. The third kappa shape index (κ3) is 5.61. The third-order valence-corrected chi connectivity index (χ3v) is 15.2. The second-order valence-corrected chi connectivity index (χ2v) is 20.6. The van der Waals surface area contributed by atoms with Crippen LogP contribution in [0.2, 0.25) is 18.6 Å². The van der Waals surface area contributed by atoms with Crippen molar-refractivity contribution in [3.05, 3.63) is 135 Å². The van der Waals surface area contributed by atoms with Gasteiger partial charge < -0.3 is 23.8 Å². The van der Waals surface area contributed by atoms with Gasteiger partial charge in [-0.1, -0.05) is 83.5 Å². The molecule has 0 radical (unpaired) electrons. The van der Waals surface area contributed by atoms with Gasteiger partial charge in [-0.15, -0.1) is 0 Å². The molecule has 4 aliphatic rings. The molecule has 9 rings (SSSR count). The van der Waals surface area contributed by atoms with Crippen molar-refractivity contribution < 1.29 is 28.3 Å². The minimum absolute atomic E-state index is 0.0815.